The maximum Gasteiger partial charge on any atom is 0.441 e. The minimum Gasteiger partial charge on any atom is -0.213 e. The van der Waals surface area contributed by atoms with Crippen LogP contribution in [0.4, 0.5) is 13.2 Å². The van der Waals surface area contributed by atoms with Crippen molar-refractivity contribution < 1.29 is 21.6 Å². The molecule has 0 spiro atoms. The molecule has 0 aromatic rings. The van der Waals surface area contributed by atoms with Crippen LogP contribution in [0.25, 0.3) is 0 Å². The van der Waals surface area contributed by atoms with Crippen molar-refractivity contribution in [1.82, 2.24) is 4.72 Å². The van der Waals surface area contributed by atoms with Gasteiger partial charge in [-0.2, -0.15) is 18.4 Å². The Morgan fingerprint density at radius 1 is 1.50 bits per heavy atom. The SMILES string of the molecule is CCC(C#N)S(=O)(=O)NCCSC(F)(F)F. The molecule has 0 saturated carbocycles. The van der Waals surface area contributed by atoms with Crippen LogP contribution in [0.2, 0.25) is 0 Å². The van der Waals surface area contributed by atoms with Crippen molar-refractivity contribution in [2.75, 3.05) is 12.3 Å². The van der Waals surface area contributed by atoms with E-state index in [2.05, 4.69) is 0 Å². The molecule has 9 heteroatoms. The van der Waals surface area contributed by atoms with E-state index in [1.54, 1.807) is 6.07 Å². The van der Waals surface area contributed by atoms with Gasteiger partial charge in [-0.1, -0.05) is 6.92 Å². The summed E-state index contributed by atoms with van der Waals surface area (Å²) in [5, 5.41) is 7.27. The highest BCUT2D eigenvalue weighted by Gasteiger charge is 2.28. The molecule has 94 valence electrons. The van der Waals surface area contributed by atoms with E-state index >= 15 is 0 Å². The molecular formula is C7H11F3N2O2S2. The van der Waals surface area contributed by atoms with Crippen LogP contribution >= 0.6 is 11.8 Å². The first-order chi connectivity index (χ1) is 7.23. The van der Waals surface area contributed by atoms with Crippen molar-refractivity contribution in [2.24, 2.45) is 0 Å². The van der Waals surface area contributed by atoms with Crippen LogP contribution in [-0.4, -0.2) is 31.5 Å². The number of alkyl halides is 3. The van der Waals surface area contributed by atoms with Gasteiger partial charge in [0, 0.05) is 12.3 Å². The van der Waals surface area contributed by atoms with Crippen LogP contribution in [0, 0.1) is 11.3 Å². The summed E-state index contributed by atoms with van der Waals surface area (Å²) in [6.07, 6.45) is 0.0955. The summed E-state index contributed by atoms with van der Waals surface area (Å²) < 4.78 is 59.6. The number of hydrogen-bond donors (Lipinski definition) is 1. The summed E-state index contributed by atoms with van der Waals surface area (Å²) in [6, 6.07) is 1.57. The molecule has 1 N–H and O–H groups in total. The first kappa shape index (κ1) is 15.5. The third-order valence-electron chi connectivity index (χ3n) is 1.56. The number of nitriles is 1. The first-order valence-electron chi connectivity index (χ1n) is 4.31. The maximum absolute atomic E-state index is 11.7. The third kappa shape index (κ3) is 6.19. The zero-order chi connectivity index (χ0) is 12.8. The molecule has 0 aliphatic rings. The zero-order valence-corrected chi connectivity index (χ0v) is 10.0. The second kappa shape index (κ2) is 6.32. The van der Waals surface area contributed by atoms with Gasteiger partial charge in [0.15, 0.2) is 5.25 Å². The highest BCUT2D eigenvalue weighted by Crippen LogP contribution is 2.29. The lowest BCUT2D eigenvalue weighted by Gasteiger charge is -2.10. The average Bonchev–Trinajstić information content (AvgIpc) is 2.12. The highest BCUT2D eigenvalue weighted by molar-refractivity contribution is 8.00. The van der Waals surface area contributed by atoms with Crippen LogP contribution in [0.15, 0.2) is 0 Å². The normalized spacial score (nSPS) is 14.4. The molecule has 0 aliphatic heterocycles. The van der Waals surface area contributed by atoms with Crippen molar-refractivity contribution in [3.8, 4) is 6.07 Å². The molecule has 0 aliphatic carbocycles. The smallest absolute Gasteiger partial charge is 0.213 e. The lowest BCUT2D eigenvalue weighted by Crippen LogP contribution is -2.34. The van der Waals surface area contributed by atoms with Gasteiger partial charge < -0.3 is 0 Å². The number of hydrogen-bond acceptors (Lipinski definition) is 4. The average molecular weight is 276 g/mol. The molecule has 1 atom stereocenters. The number of rotatable bonds is 6. The largest absolute Gasteiger partial charge is 0.441 e. The molecule has 0 rings (SSSR count). The molecular weight excluding hydrogens is 265 g/mol. The van der Waals surface area contributed by atoms with Gasteiger partial charge in [0.1, 0.15) is 0 Å². The Hall–Kier alpha value is -0.460. The van der Waals surface area contributed by atoms with Crippen LogP contribution in [-0.2, 0) is 10.0 Å². The lowest BCUT2D eigenvalue weighted by atomic mass is 10.4. The Bertz CT molecular complexity index is 348. The molecule has 0 amide bonds. The Kier molecular flexibility index (Phi) is 6.14. The van der Waals surface area contributed by atoms with Gasteiger partial charge in [-0.15, -0.1) is 0 Å². The van der Waals surface area contributed by atoms with Gasteiger partial charge in [0.2, 0.25) is 10.0 Å². The predicted octanol–water partition coefficient (Wildman–Crippen LogP) is 1.46. The minimum atomic E-state index is -4.37. The third-order valence-corrected chi connectivity index (χ3v) is 4.09. The maximum atomic E-state index is 11.7. The molecule has 16 heavy (non-hydrogen) atoms. The van der Waals surface area contributed by atoms with Crippen molar-refractivity contribution in [3.05, 3.63) is 0 Å². The Labute approximate surface area is 96.3 Å². The Morgan fingerprint density at radius 2 is 2.06 bits per heavy atom. The van der Waals surface area contributed by atoms with E-state index in [9.17, 15) is 21.6 Å². The predicted molar refractivity (Wildman–Crippen MR) is 55.1 cm³/mol. The number of halogens is 3. The van der Waals surface area contributed by atoms with Crippen LogP contribution in [0.5, 0.6) is 0 Å². The quantitative estimate of drug-likeness (QED) is 0.746. The van der Waals surface area contributed by atoms with E-state index in [4.69, 9.17) is 5.26 Å². The molecule has 0 saturated heterocycles. The van der Waals surface area contributed by atoms with E-state index in [0.29, 0.717) is 0 Å². The van der Waals surface area contributed by atoms with Gasteiger partial charge in [0.05, 0.1) is 6.07 Å². The van der Waals surface area contributed by atoms with E-state index in [1.165, 1.54) is 6.92 Å². The van der Waals surface area contributed by atoms with Crippen LogP contribution in [0.1, 0.15) is 13.3 Å². The van der Waals surface area contributed by atoms with Crippen molar-refractivity contribution in [2.45, 2.75) is 24.1 Å². The molecule has 4 nitrogen and oxygen atoms in total. The standard InChI is InChI=1S/C7H11F3N2O2S2/c1-2-6(5-11)16(13,14)12-3-4-15-7(8,9)10/h6,12H,2-4H2,1H3. The summed E-state index contributed by atoms with van der Waals surface area (Å²) in [6.45, 7) is 1.17. The van der Waals surface area contributed by atoms with Crippen molar-refractivity contribution >= 4 is 21.8 Å². The monoisotopic (exact) mass is 276 g/mol. The number of thioether (sulfide) groups is 1. The van der Waals surface area contributed by atoms with E-state index in [0.717, 1.165) is 0 Å². The Balaban J connectivity index is 4.08. The Morgan fingerprint density at radius 3 is 2.44 bits per heavy atom. The van der Waals surface area contributed by atoms with E-state index in [1.807, 2.05) is 4.72 Å². The second-order valence-electron chi connectivity index (χ2n) is 2.76. The minimum absolute atomic E-state index is 0.0955. The van der Waals surface area contributed by atoms with Crippen LogP contribution < -0.4 is 4.72 Å². The molecule has 0 bridgehead atoms. The molecule has 0 fully saturated rings. The number of nitrogens with zero attached hydrogens (tertiary/aromatic N) is 1. The summed E-state index contributed by atoms with van der Waals surface area (Å²) in [4.78, 5) is 0. The fraction of sp³-hybridized carbons (Fsp3) is 0.857. The van der Waals surface area contributed by atoms with E-state index < -0.39 is 26.5 Å². The summed E-state index contributed by atoms with van der Waals surface area (Å²) in [5.74, 6) is -0.412. The van der Waals surface area contributed by atoms with Crippen LogP contribution in [0.3, 0.4) is 0 Å². The van der Waals surface area contributed by atoms with Gasteiger partial charge in [-0.25, -0.2) is 13.1 Å². The number of sulfonamides is 1. The topological polar surface area (TPSA) is 70.0 Å². The van der Waals surface area contributed by atoms with Crippen molar-refractivity contribution in [3.63, 3.8) is 0 Å². The summed E-state index contributed by atoms with van der Waals surface area (Å²) >= 11 is -0.309. The zero-order valence-electron chi connectivity index (χ0n) is 8.41. The fourth-order valence-corrected chi connectivity index (χ4v) is 2.56. The number of nitrogens with one attached hydrogen (secondary N) is 1. The fourth-order valence-electron chi connectivity index (χ4n) is 0.831. The molecule has 0 aromatic heterocycles. The van der Waals surface area contributed by atoms with Gasteiger partial charge >= 0.3 is 5.51 Å². The molecule has 1 unspecified atom stereocenters. The van der Waals surface area contributed by atoms with Crippen molar-refractivity contribution in [1.29, 1.82) is 5.26 Å². The summed E-state index contributed by atoms with van der Waals surface area (Å²) in [5.41, 5.74) is -4.37. The van der Waals surface area contributed by atoms with Gasteiger partial charge in [0.25, 0.3) is 0 Å². The van der Waals surface area contributed by atoms with E-state index in [-0.39, 0.29) is 24.7 Å². The molecule has 0 radical (unpaired) electrons. The lowest BCUT2D eigenvalue weighted by molar-refractivity contribution is -0.0327. The molecule has 0 heterocycles. The second-order valence-corrected chi connectivity index (χ2v) is 5.87. The summed E-state index contributed by atoms with van der Waals surface area (Å²) in [7, 11) is -3.83. The van der Waals surface area contributed by atoms with Gasteiger partial charge in [-0.3, -0.25) is 0 Å². The van der Waals surface area contributed by atoms with Gasteiger partial charge in [-0.05, 0) is 18.2 Å². The highest BCUT2D eigenvalue weighted by atomic mass is 32.2. The first-order valence-corrected chi connectivity index (χ1v) is 6.85. The molecule has 0 aromatic carbocycles.